The molecule has 2 saturated heterocycles. The van der Waals surface area contributed by atoms with Crippen LogP contribution in [0.2, 0.25) is 0 Å². The van der Waals surface area contributed by atoms with Crippen molar-refractivity contribution in [1.29, 1.82) is 0 Å². The molecule has 0 radical (unpaired) electrons. The van der Waals surface area contributed by atoms with Crippen molar-refractivity contribution in [3.8, 4) is 0 Å². The predicted octanol–water partition coefficient (Wildman–Crippen LogP) is 0.594. The van der Waals surface area contributed by atoms with Crippen molar-refractivity contribution in [3.63, 3.8) is 0 Å². The highest BCUT2D eigenvalue weighted by Crippen LogP contribution is 2.40. The quantitative estimate of drug-likeness (QED) is 0.290. The van der Waals surface area contributed by atoms with Crippen molar-refractivity contribution >= 4 is 5.97 Å². The smallest absolute Gasteiger partial charge is 0.330 e. The third-order valence-electron chi connectivity index (χ3n) is 2.04. The number of rotatable bonds is 5. The van der Waals surface area contributed by atoms with Gasteiger partial charge in [-0.05, 0) is 13.8 Å². The van der Waals surface area contributed by atoms with Crippen molar-refractivity contribution in [2.75, 3.05) is 13.2 Å². The Balaban J connectivity index is 1.51. The van der Waals surface area contributed by atoms with Crippen LogP contribution in [0.15, 0.2) is 11.6 Å². The van der Waals surface area contributed by atoms with Gasteiger partial charge in [0, 0.05) is 6.08 Å². The maximum absolute atomic E-state index is 11.0. The fourth-order valence-electron chi connectivity index (χ4n) is 1.25. The monoisotopic (exact) mass is 214 g/mol. The van der Waals surface area contributed by atoms with Gasteiger partial charge in [0.15, 0.2) is 18.7 Å². The predicted molar refractivity (Wildman–Crippen MR) is 49.9 cm³/mol. The molecule has 2 aliphatic rings. The van der Waals surface area contributed by atoms with Crippen LogP contribution in [-0.4, -0.2) is 37.9 Å². The zero-order valence-electron chi connectivity index (χ0n) is 8.76. The van der Waals surface area contributed by atoms with E-state index < -0.39 is 0 Å². The molecule has 0 spiro atoms. The molecule has 0 aromatic rings. The molecule has 5 nitrogen and oxygen atoms in total. The molecule has 2 aliphatic heterocycles. The van der Waals surface area contributed by atoms with Crippen molar-refractivity contribution in [3.05, 3.63) is 11.6 Å². The fourth-order valence-corrected chi connectivity index (χ4v) is 1.25. The van der Waals surface area contributed by atoms with E-state index in [-0.39, 0.29) is 31.3 Å². The average Bonchev–Trinajstić information content (AvgIpc) is 2.75. The second-order valence-corrected chi connectivity index (χ2v) is 3.73. The zero-order chi connectivity index (χ0) is 10.8. The van der Waals surface area contributed by atoms with Crippen molar-refractivity contribution in [1.82, 2.24) is 0 Å². The fraction of sp³-hybridized carbons (Fsp3) is 0.700. The molecule has 84 valence electrons. The summed E-state index contributed by atoms with van der Waals surface area (Å²) < 4.78 is 20.2. The van der Waals surface area contributed by atoms with Crippen molar-refractivity contribution in [2.45, 2.75) is 32.5 Å². The summed E-state index contributed by atoms with van der Waals surface area (Å²) in [4.78, 5) is 11.0. The van der Waals surface area contributed by atoms with E-state index in [9.17, 15) is 4.79 Å². The lowest BCUT2D eigenvalue weighted by atomic mass is 10.3. The van der Waals surface area contributed by atoms with Crippen LogP contribution in [0.3, 0.4) is 0 Å². The Morgan fingerprint density at radius 3 is 2.67 bits per heavy atom. The van der Waals surface area contributed by atoms with Gasteiger partial charge in [0.1, 0.15) is 6.61 Å². The Morgan fingerprint density at radius 2 is 2.13 bits per heavy atom. The van der Waals surface area contributed by atoms with Gasteiger partial charge in [-0.3, -0.25) is 0 Å². The normalized spacial score (nSPS) is 31.2. The number of epoxide rings is 1. The van der Waals surface area contributed by atoms with Crippen molar-refractivity contribution < 1.29 is 23.7 Å². The van der Waals surface area contributed by atoms with Gasteiger partial charge in [0.2, 0.25) is 0 Å². The van der Waals surface area contributed by atoms with E-state index in [0.717, 1.165) is 5.57 Å². The molecule has 3 atom stereocenters. The molecule has 2 fully saturated rings. The van der Waals surface area contributed by atoms with Crippen LogP contribution in [0, 0.1) is 0 Å². The summed E-state index contributed by atoms with van der Waals surface area (Å²) in [5.41, 5.74) is 0.914. The van der Waals surface area contributed by atoms with Crippen LogP contribution in [0.5, 0.6) is 0 Å². The number of esters is 1. The lowest BCUT2D eigenvalue weighted by Crippen LogP contribution is -2.36. The Bertz CT molecular complexity index is 282. The second-order valence-electron chi connectivity index (χ2n) is 3.73. The van der Waals surface area contributed by atoms with E-state index in [2.05, 4.69) is 0 Å². The summed E-state index contributed by atoms with van der Waals surface area (Å²) in [6, 6.07) is 0. The SMILES string of the molecule is CC(C)=CC(=O)OCCOC1OC2OC12. The molecule has 0 N–H and O–H groups in total. The minimum atomic E-state index is -0.339. The van der Waals surface area contributed by atoms with Gasteiger partial charge in [-0.1, -0.05) is 5.57 Å². The van der Waals surface area contributed by atoms with Gasteiger partial charge in [-0.25, -0.2) is 4.79 Å². The van der Waals surface area contributed by atoms with Gasteiger partial charge < -0.3 is 18.9 Å². The number of hydrogen-bond acceptors (Lipinski definition) is 5. The Morgan fingerprint density at radius 1 is 1.33 bits per heavy atom. The molecule has 0 aliphatic carbocycles. The van der Waals surface area contributed by atoms with Gasteiger partial charge in [-0.15, -0.1) is 0 Å². The van der Waals surface area contributed by atoms with E-state index in [0.29, 0.717) is 6.61 Å². The Kier molecular flexibility index (Phi) is 3.04. The summed E-state index contributed by atoms with van der Waals surface area (Å²) in [7, 11) is 0. The number of carbonyl (C=O) groups excluding carboxylic acids is 1. The molecule has 2 rings (SSSR count). The highest BCUT2D eigenvalue weighted by molar-refractivity contribution is 5.82. The minimum absolute atomic E-state index is 0.0387. The number of ether oxygens (including phenoxy) is 4. The van der Waals surface area contributed by atoms with E-state index in [1.54, 1.807) is 0 Å². The van der Waals surface area contributed by atoms with E-state index >= 15 is 0 Å². The lowest BCUT2D eigenvalue weighted by Gasteiger charge is -2.20. The number of hydrogen-bond donors (Lipinski definition) is 0. The first-order valence-corrected chi connectivity index (χ1v) is 4.91. The standard InChI is InChI=1S/C10H14O5/c1-6(2)5-7(11)12-3-4-13-9-8-10(14-8)15-9/h5,8-10H,3-4H2,1-2H3. The number of carbonyl (C=O) groups is 1. The van der Waals surface area contributed by atoms with E-state index in [1.807, 2.05) is 13.8 Å². The van der Waals surface area contributed by atoms with Gasteiger partial charge in [0.25, 0.3) is 0 Å². The summed E-state index contributed by atoms with van der Waals surface area (Å²) in [5, 5.41) is 0. The Labute approximate surface area is 87.9 Å². The number of allylic oxidation sites excluding steroid dienone is 1. The first-order valence-electron chi connectivity index (χ1n) is 4.91. The highest BCUT2D eigenvalue weighted by Gasteiger charge is 2.59. The van der Waals surface area contributed by atoms with Crippen LogP contribution in [0.25, 0.3) is 0 Å². The van der Waals surface area contributed by atoms with Crippen LogP contribution in [0.4, 0.5) is 0 Å². The highest BCUT2D eigenvalue weighted by atomic mass is 16.9. The molecule has 0 amide bonds. The molecule has 0 aromatic heterocycles. The van der Waals surface area contributed by atoms with Crippen LogP contribution in [-0.2, 0) is 23.7 Å². The molecule has 3 unspecified atom stereocenters. The maximum atomic E-state index is 11.0. The Hall–Kier alpha value is -0.910. The molecule has 2 heterocycles. The second kappa shape index (κ2) is 4.30. The molecule has 15 heavy (non-hydrogen) atoms. The number of fused-ring (bicyclic) bond motifs is 1. The van der Waals surface area contributed by atoms with Crippen LogP contribution >= 0.6 is 0 Å². The third kappa shape index (κ3) is 2.77. The summed E-state index contributed by atoms with van der Waals surface area (Å²) in [6.07, 6.45) is 1.25. The molecule has 0 bridgehead atoms. The summed E-state index contributed by atoms with van der Waals surface area (Å²) in [6.45, 7) is 4.24. The first-order chi connectivity index (χ1) is 7.16. The minimum Gasteiger partial charge on any atom is -0.460 e. The third-order valence-corrected chi connectivity index (χ3v) is 2.04. The van der Waals surface area contributed by atoms with Crippen molar-refractivity contribution in [2.24, 2.45) is 0 Å². The van der Waals surface area contributed by atoms with Gasteiger partial charge in [-0.2, -0.15) is 0 Å². The average molecular weight is 214 g/mol. The molecular weight excluding hydrogens is 200 g/mol. The summed E-state index contributed by atoms with van der Waals surface area (Å²) >= 11 is 0. The lowest BCUT2D eigenvalue weighted by molar-refractivity contribution is -0.206. The topological polar surface area (TPSA) is 57.3 Å². The van der Waals surface area contributed by atoms with Crippen LogP contribution < -0.4 is 0 Å². The van der Waals surface area contributed by atoms with Gasteiger partial charge in [0.05, 0.1) is 6.61 Å². The maximum Gasteiger partial charge on any atom is 0.330 e. The van der Waals surface area contributed by atoms with E-state index in [1.165, 1.54) is 6.08 Å². The zero-order valence-corrected chi connectivity index (χ0v) is 8.76. The molecule has 0 aromatic carbocycles. The van der Waals surface area contributed by atoms with Gasteiger partial charge >= 0.3 is 5.97 Å². The molecule has 5 heteroatoms. The summed E-state index contributed by atoms with van der Waals surface area (Å²) in [5.74, 6) is -0.339. The van der Waals surface area contributed by atoms with E-state index in [4.69, 9.17) is 18.9 Å². The van der Waals surface area contributed by atoms with Crippen LogP contribution in [0.1, 0.15) is 13.8 Å². The largest absolute Gasteiger partial charge is 0.460 e. The molecule has 0 saturated carbocycles. The first kappa shape index (κ1) is 10.6. The molecular formula is C10H14O5.